The van der Waals surface area contributed by atoms with Crippen molar-refractivity contribution in [1.29, 1.82) is 0 Å². The molecular weight excluding hydrogens is 284 g/mol. The lowest BCUT2D eigenvalue weighted by atomic mass is 10.1. The molecule has 1 aliphatic rings. The first kappa shape index (κ1) is 14.5. The van der Waals surface area contributed by atoms with Crippen LogP contribution in [0.5, 0.6) is 0 Å². The van der Waals surface area contributed by atoms with E-state index in [9.17, 15) is 0 Å². The zero-order valence-electron chi connectivity index (χ0n) is 12.8. The maximum atomic E-state index is 6.26. The van der Waals surface area contributed by atoms with E-state index < -0.39 is 0 Å². The topological polar surface area (TPSA) is 42.7 Å². The number of hydrogen-bond acceptors (Lipinski definition) is 3. The SMILES string of the molecule is CCc1c(C)nn(-c2ccc(Cl)c(CNC3CC3)n2)c1C. The largest absolute Gasteiger partial charge is 0.308 e. The first-order valence-electron chi connectivity index (χ1n) is 7.54. The van der Waals surface area contributed by atoms with Gasteiger partial charge in [0.1, 0.15) is 0 Å². The smallest absolute Gasteiger partial charge is 0.154 e. The van der Waals surface area contributed by atoms with E-state index in [2.05, 4.69) is 24.3 Å². The first-order chi connectivity index (χ1) is 10.1. The van der Waals surface area contributed by atoms with Gasteiger partial charge in [-0.05, 0) is 50.8 Å². The summed E-state index contributed by atoms with van der Waals surface area (Å²) in [5, 5.41) is 8.79. The van der Waals surface area contributed by atoms with Crippen LogP contribution in [0, 0.1) is 13.8 Å². The summed E-state index contributed by atoms with van der Waals surface area (Å²) >= 11 is 6.26. The Morgan fingerprint density at radius 2 is 2.10 bits per heavy atom. The predicted octanol–water partition coefficient (Wildman–Crippen LogP) is 3.35. The minimum Gasteiger partial charge on any atom is -0.308 e. The fraction of sp³-hybridized carbons (Fsp3) is 0.500. The van der Waals surface area contributed by atoms with Crippen molar-refractivity contribution < 1.29 is 0 Å². The Balaban J connectivity index is 1.92. The highest BCUT2D eigenvalue weighted by Gasteiger charge is 2.21. The van der Waals surface area contributed by atoms with E-state index in [1.807, 2.05) is 23.7 Å². The fourth-order valence-corrected chi connectivity index (χ4v) is 2.83. The summed E-state index contributed by atoms with van der Waals surface area (Å²) in [6.45, 7) is 7.02. The lowest BCUT2D eigenvalue weighted by Crippen LogP contribution is -2.17. The van der Waals surface area contributed by atoms with E-state index in [4.69, 9.17) is 16.6 Å². The van der Waals surface area contributed by atoms with Gasteiger partial charge >= 0.3 is 0 Å². The van der Waals surface area contributed by atoms with E-state index in [1.165, 1.54) is 18.4 Å². The van der Waals surface area contributed by atoms with Crippen molar-refractivity contribution in [3.8, 4) is 5.82 Å². The molecule has 2 heterocycles. The second-order valence-electron chi connectivity index (χ2n) is 5.67. The van der Waals surface area contributed by atoms with Crippen molar-refractivity contribution >= 4 is 11.6 Å². The second kappa shape index (κ2) is 5.78. The number of nitrogens with one attached hydrogen (secondary N) is 1. The van der Waals surface area contributed by atoms with Crippen LogP contribution in [0.15, 0.2) is 12.1 Å². The van der Waals surface area contributed by atoms with Gasteiger partial charge in [-0.25, -0.2) is 9.67 Å². The van der Waals surface area contributed by atoms with Crippen LogP contribution in [0.4, 0.5) is 0 Å². The van der Waals surface area contributed by atoms with Crippen LogP contribution in [-0.2, 0) is 13.0 Å². The number of rotatable bonds is 5. The average Bonchev–Trinajstić information content (AvgIpc) is 3.24. The highest BCUT2D eigenvalue weighted by molar-refractivity contribution is 6.31. The highest BCUT2D eigenvalue weighted by atomic mass is 35.5. The zero-order valence-corrected chi connectivity index (χ0v) is 13.5. The number of aromatic nitrogens is 3. The van der Waals surface area contributed by atoms with Gasteiger partial charge in [0.05, 0.1) is 16.4 Å². The normalized spacial score (nSPS) is 14.7. The maximum Gasteiger partial charge on any atom is 0.154 e. The molecule has 0 unspecified atom stereocenters. The van der Waals surface area contributed by atoms with Crippen molar-refractivity contribution in [1.82, 2.24) is 20.1 Å². The molecule has 1 fully saturated rings. The number of pyridine rings is 1. The van der Waals surface area contributed by atoms with Crippen molar-refractivity contribution in [2.45, 2.75) is 52.6 Å². The molecule has 0 radical (unpaired) electrons. The Labute approximate surface area is 130 Å². The van der Waals surface area contributed by atoms with Crippen LogP contribution in [0.3, 0.4) is 0 Å². The third-order valence-corrected chi connectivity index (χ3v) is 4.40. The molecule has 1 N–H and O–H groups in total. The second-order valence-corrected chi connectivity index (χ2v) is 6.08. The third-order valence-electron chi connectivity index (χ3n) is 4.05. The summed E-state index contributed by atoms with van der Waals surface area (Å²) in [4.78, 5) is 4.70. The molecule has 0 aliphatic heterocycles. The summed E-state index contributed by atoms with van der Waals surface area (Å²) in [6, 6.07) is 4.49. The Bertz CT molecular complexity index is 659. The summed E-state index contributed by atoms with van der Waals surface area (Å²) in [6.07, 6.45) is 3.50. The molecule has 2 aromatic heterocycles. The summed E-state index contributed by atoms with van der Waals surface area (Å²) in [5.41, 5.74) is 4.42. The van der Waals surface area contributed by atoms with Gasteiger partial charge in [-0.2, -0.15) is 5.10 Å². The Morgan fingerprint density at radius 1 is 1.33 bits per heavy atom. The monoisotopic (exact) mass is 304 g/mol. The van der Waals surface area contributed by atoms with Gasteiger partial charge in [0.25, 0.3) is 0 Å². The van der Waals surface area contributed by atoms with Crippen molar-refractivity contribution in [2.75, 3.05) is 0 Å². The number of nitrogens with zero attached hydrogens (tertiary/aromatic N) is 3. The van der Waals surface area contributed by atoms with E-state index >= 15 is 0 Å². The molecule has 0 aromatic carbocycles. The molecule has 0 spiro atoms. The van der Waals surface area contributed by atoms with E-state index in [0.717, 1.165) is 35.9 Å². The molecule has 21 heavy (non-hydrogen) atoms. The first-order valence-corrected chi connectivity index (χ1v) is 7.92. The van der Waals surface area contributed by atoms with Crippen molar-refractivity contribution in [3.63, 3.8) is 0 Å². The maximum absolute atomic E-state index is 6.26. The molecule has 0 saturated heterocycles. The van der Waals surface area contributed by atoms with Gasteiger partial charge in [0, 0.05) is 18.3 Å². The fourth-order valence-electron chi connectivity index (χ4n) is 2.65. The lowest BCUT2D eigenvalue weighted by Gasteiger charge is -2.09. The highest BCUT2D eigenvalue weighted by Crippen LogP contribution is 2.23. The molecule has 0 amide bonds. The lowest BCUT2D eigenvalue weighted by molar-refractivity contribution is 0.669. The van der Waals surface area contributed by atoms with Crippen LogP contribution < -0.4 is 5.32 Å². The molecule has 3 rings (SSSR count). The summed E-state index contributed by atoms with van der Waals surface area (Å²) in [7, 11) is 0. The number of halogens is 1. The molecule has 0 atom stereocenters. The Morgan fingerprint density at radius 3 is 2.71 bits per heavy atom. The van der Waals surface area contributed by atoms with Gasteiger partial charge in [-0.15, -0.1) is 0 Å². The van der Waals surface area contributed by atoms with Gasteiger partial charge in [-0.3, -0.25) is 0 Å². The van der Waals surface area contributed by atoms with Gasteiger partial charge in [0.2, 0.25) is 0 Å². The average molecular weight is 305 g/mol. The molecular formula is C16H21ClN4. The Hall–Kier alpha value is -1.39. The van der Waals surface area contributed by atoms with Crippen LogP contribution >= 0.6 is 11.6 Å². The van der Waals surface area contributed by atoms with E-state index in [-0.39, 0.29) is 0 Å². The van der Waals surface area contributed by atoms with Crippen LogP contribution in [-0.4, -0.2) is 20.8 Å². The van der Waals surface area contributed by atoms with Crippen LogP contribution in [0.25, 0.3) is 5.82 Å². The molecule has 2 aromatic rings. The van der Waals surface area contributed by atoms with E-state index in [1.54, 1.807) is 0 Å². The van der Waals surface area contributed by atoms with Gasteiger partial charge < -0.3 is 5.32 Å². The number of aryl methyl sites for hydroxylation is 1. The zero-order chi connectivity index (χ0) is 15.0. The molecule has 112 valence electrons. The summed E-state index contributed by atoms with van der Waals surface area (Å²) < 4.78 is 1.92. The van der Waals surface area contributed by atoms with Crippen molar-refractivity contribution in [3.05, 3.63) is 39.8 Å². The third kappa shape index (κ3) is 2.97. The van der Waals surface area contributed by atoms with Gasteiger partial charge in [0.15, 0.2) is 5.82 Å². The Kier molecular flexibility index (Phi) is 4.00. The van der Waals surface area contributed by atoms with Crippen LogP contribution in [0.2, 0.25) is 5.02 Å². The molecule has 1 saturated carbocycles. The van der Waals surface area contributed by atoms with Crippen molar-refractivity contribution in [2.24, 2.45) is 0 Å². The number of hydrogen-bond donors (Lipinski definition) is 1. The van der Waals surface area contributed by atoms with E-state index in [0.29, 0.717) is 11.1 Å². The molecule has 1 aliphatic carbocycles. The van der Waals surface area contributed by atoms with Crippen LogP contribution in [0.1, 0.15) is 42.4 Å². The summed E-state index contributed by atoms with van der Waals surface area (Å²) in [5.74, 6) is 0.840. The molecule has 0 bridgehead atoms. The predicted molar refractivity (Wildman–Crippen MR) is 85.1 cm³/mol. The standard InChI is InChI=1S/C16H21ClN4/c1-4-13-10(2)20-21(11(13)3)16-8-7-14(17)15(19-16)9-18-12-5-6-12/h7-8,12,18H,4-6,9H2,1-3H3. The minimum absolute atomic E-state index is 0.645. The van der Waals surface area contributed by atoms with Gasteiger partial charge in [-0.1, -0.05) is 18.5 Å². The molecule has 4 nitrogen and oxygen atoms in total. The quantitative estimate of drug-likeness (QED) is 0.921. The minimum atomic E-state index is 0.645. The molecule has 5 heteroatoms.